The van der Waals surface area contributed by atoms with Crippen molar-refractivity contribution in [2.24, 2.45) is 0 Å². The molecule has 20 heavy (non-hydrogen) atoms. The van der Waals surface area contributed by atoms with Gasteiger partial charge < -0.3 is 9.47 Å². The fourth-order valence-corrected chi connectivity index (χ4v) is 2.39. The van der Waals surface area contributed by atoms with E-state index in [4.69, 9.17) is 21.1 Å². The molecular formula is C14H17ClFNO3. The molecule has 1 fully saturated rings. The number of carbonyl (C=O) groups excluding carboxylic acids is 1. The maximum atomic E-state index is 13.9. The van der Waals surface area contributed by atoms with Gasteiger partial charge in [0.1, 0.15) is 11.9 Å². The highest BCUT2D eigenvalue weighted by Crippen LogP contribution is 2.22. The number of hydrogen-bond donors (Lipinski definition) is 1. The van der Waals surface area contributed by atoms with Crippen LogP contribution in [0.4, 0.5) is 4.39 Å². The fraction of sp³-hybridized carbons (Fsp3) is 0.500. The predicted octanol–water partition coefficient (Wildman–Crippen LogP) is 2.46. The molecule has 1 N–H and O–H groups in total. The van der Waals surface area contributed by atoms with Gasteiger partial charge in [0.25, 0.3) is 0 Å². The number of nitrogens with one attached hydrogen (secondary N) is 1. The van der Waals surface area contributed by atoms with E-state index < -0.39 is 17.8 Å². The summed E-state index contributed by atoms with van der Waals surface area (Å²) in [4.78, 5) is 11.8. The zero-order chi connectivity index (χ0) is 14.5. The van der Waals surface area contributed by atoms with Crippen LogP contribution in [0.2, 0.25) is 5.02 Å². The lowest BCUT2D eigenvalue weighted by atomic mass is 10.1. The molecule has 0 aromatic heterocycles. The molecule has 0 saturated carbocycles. The van der Waals surface area contributed by atoms with Gasteiger partial charge in [-0.3, -0.25) is 5.32 Å². The Labute approximate surface area is 122 Å². The number of hydrogen-bond acceptors (Lipinski definition) is 4. The second-order valence-electron chi connectivity index (χ2n) is 4.67. The Balaban J connectivity index is 2.11. The summed E-state index contributed by atoms with van der Waals surface area (Å²) in [6.45, 7) is 1.20. The standard InChI is InChI=1S/C14H17ClFNO3/c1-19-14(18)13(17-8-10-3-2-6-20-10)11-5-4-9(15)7-12(11)16/h4-5,7,10,13,17H,2-3,6,8H2,1H3. The Morgan fingerprint density at radius 1 is 1.65 bits per heavy atom. The van der Waals surface area contributed by atoms with Crippen molar-refractivity contribution in [3.8, 4) is 0 Å². The highest BCUT2D eigenvalue weighted by molar-refractivity contribution is 6.30. The second kappa shape index (κ2) is 7.02. The molecule has 1 saturated heterocycles. The van der Waals surface area contributed by atoms with Gasteiger partial charge in [0.2, 0.25) is 0 Å². The third kappa shape index (κ3) is 3.69. The van der Waals surface area contributed by atoms with E-state index in [1.54, 1.807) is 6.07 Å². The third-order valence-corrected chi connectivity index (χ3v) is 3.52. The van der Waals surface area contributed by atoms with E-state index >= 15 is 0 Å². The van der Waals surface area contributed by atoms with Crippen LogP contribution in [0, 0.1) is 5.82 Å². The molecule has 1 aromatic carbocycles. The minimum Gasteiger partial charge on any atom is -0.468 e. The van der Waals surface area contributed by atoms with Crippen molar-refractivity contribution in [2.45, 2.75) is 25.0 Å². The van der Waals surface area contributed by atoms with Crippen molar-refractivity contribution >= 4 is 17.6 Å². The van der Waals surface area contributed by atoms with E-state index in [1.807, 2.05) is 0 Å². The van der Waals surface area contributed by atoms with Gasteiger partial charge in [0.05, 0.1) is 13.2 Å². The predicted molar refractivity (Wildman–Crippen MR) is 73.1 cm³/mol. The first-order valence-electron chi connectivity index (χ1n) is 6.49. The molecule has 110 valence electrons. The Morgan fingerprint density at radius 2 is 2.45 bits per heavy atom. The number of carbonyl (C=O) groups is 1. The summed E-state index contributed by atoms with van der Waals surface area (Å²) in [6.07, 6.45) is 1.99. The van der Waals surface area contributed by atoms with Crippen molar-refractivity contribution in [1.29, 1.82) is 0 Å². The van der Waals surface area contributed by atoms with E-state index in [9.17, 15) is 9.18 Å². The van der Waals surface area contributed by atoms with Crippen LogP contribution >= 0.6 is 11.6 Å². The summed E-state index contributed by atoms with van der Waals surface area (Å²) in [5, 5.41) is 3.29. The lowest BCUT2D eigenvalue weighted by Gasteiger charge is -2.19. The number of halogens is 2. The van der Waals surface area contributed by atoms with Crippen LogP contribution in [-0.4, -0.2) is 32.3 Å². The molecule has 2 atom stereocenters. The zero-order valence-corrected chi connectivity index (χ0v) is 12.0. The van der Waals surface area contributed by atoms with Crippen LogP contribution in [0.25, 0.3) is 0 Å². The molecule has 4 nitrogen and oxygen atoms in total. The van der Waals surface area contributed by atoms with E-state index in [2.05, 4.69) is 5.32 Å². The first-order valence-corrected chi connectivity index (χ1v) is 6.87. The molecule has 2 unspecified atom stereocenters. The fourth-order valence-electron chi connectivity index (χ4n) is 2.23. The average molecular weight is 302 g/mol. The smallest absolute Gasteiger partial charge is 0.327 e. The van der Waals surface area contributed by atoms with Crippen LogP contribution in [-0.2, 0) is 14.3 Å². The first-order chi connectivity index (χ1) is 9.61. The van der Waals surface area contributed by atoms with E-state index in [-0.39, 0.29) is 16.7 Å². The minimum absolute atomic E-state index is 0.0533. The molecule has 0 aliphatic carbocycles. The van der Waals surface area contributed by atoms with Crippen molar-refractivity contribution in [3.63, 3.8) is 0 Å². The van der Waals surface area contributed by atoms with Gasteiger partial charge in [0.15, 0.2) is 0 Å². The Morgan fingerprint density at radius 3 is 3.05 bits per heavy atom. The summed E-state index contributed by atoms with van der Waals surface area (Å²) in [6, 6.07) is 3.35. The van der Waals surface area contributed by atoms with Crippen LogP contribution in [0.3, 0.4) is 0 Å². The summed E-state index contributed by atoms with van der Waals surface area (Å²) < 4.78 is 24.1. The topological polar surface area (TPSA) is 47.6 Å². The van der Waals surface area contributed by atoms with E-state index in [1.165, 1.54) is 19.2 Å². The minimum atomic E-state index is -0.860. The van der Waals surface area contributed by atoms with Crippen LogP contribution < -0.4 is 5.32 Å². The van der Waals surface area contributed by atoms with E-state index in [0.717, 1.165) is 19.4 Å². The maximum Gasteiger partial charge on any atom is 0.327 e. The Kier molecular flexibility index (Phi) is 5.34. The van der Waals surface area contributed by atoms with Crippen molar-refractivity contribution < 1.29 is 18.7 Å². The lowest BCUT2D eigenvalue weighted by Crippen LogP contribution is -2.35. The highest BCUT2D eigenvalue weighted by atomic mass is 35.5. The average Bonchev–Trinajstić information content (AvgIpc) is 2.93. The van der Waals surface area contributed by atoms with Crippen molar-refractivity contribution in [2.75, 3.05) is 20.3 Å². The monoisotopic (exact) mass is 301 g/mol. The molecule has 1 heterocycles. The SMILES string of the molecule is COC(=O)C(NCC1CCCO1)c1ccc(Cl)cc1F. The van der Waals surface area contributed by atoms with Crippen molar-refractivity contribution in [1.82, 2.24) is 5.32 Å². The van der Waals surface area contributed by atoms with Gasteiger partial charge in [-0.25, -0.2) is 9.18 Å². The Bertz CT molecular complexity index is 477. The highest BCUT2D eigenvalue weighted by Gasteiger charge is 2.26. The molecule has 2 rings (SSSR count). The van der Waals surface area contributed by atoms with Gasteiger partial charge in [-0.1, -0.05) is 17.7 Å². The lowest BCUT2D eigenvalue weighted by molar-refractivity contribution is -0.143. The molecular weight excluding hydrogens is 285 g/mol. The summed E-state index contributed by atoms with van der Waals surface area (Å²) >= 11 is 5.72. The second-order valence-corrected chi connectivity index (χ2v) is 5.10. The van der Waals surface area contributed by atoms with Gasteiger partial charge in [-0.05, 0) is 25.0 Å². The normalized spacial score (nSPS) is 19.9. The van der Waals surface area contributed by atoms with Crippen LogP contribution in [0.1, 0.15) is 24.4 Å². The van der Waals surface area contributed by atoms with Gasteiger partial charge >= 0.3 is 5.97 Å². The number of esters is 1. The quantitative estimate of drug-likeness (QED) is 0.849. The van der Waals surface area contributed by atoms with Gasteiger partial charge in [0, 0.05) is 23.7 Å². The molecule has 1 aromatic rings. The molecule has 0 bridgehead atoms. The number of methoxy groups -OCH3 is 1. The molecule has 0 spiro atoms. The number of rotatable bonds is 5. The summed E-state index contributed by atoms with van der Waals surface area (Å²) in [7, 11) is 1.27. The van der Waals surface area contributed by atoms with Gasteiger partial charge in [-0.15, -0.1) is 0 Å². The summed E-state index contributed by atoms with van der Waals surface area (Å²) in [5.74, 6) is -1.07. The molecule has 0 radical (unpaired) electrons. The Hall–Kier alpha value is -1.17. The largest absolute Gasteiger partial charge is 0.468 e. The molecule has 0 amide bonds. The molecule has 6 heteroatoms. The van der Waals surface area contributed by atoms with Crippen LogP contribution in [0.15, 0.2) is 18.2 Å². The molecule has 1 aliphatic heterocycles. The van der Waals surface area contributed by atoms with E-state index in [0.29, 0.717) is 6.54 Å². The molecule has 1 aliphatic rings. The van der Waals surface area contributed by atoms with Crippen LogP contribution in [0.5, 0.6) is 0 Å². The van der Waals surface area contributed by atoms with Crippen molar-refractivity contribution in [3.05, 3.63) is 34.6 Å². The number of ether oxygens (including phenoxy) is 2. The maximum absolute atomic E-state index is 13.9. The van der Waals surface area contributed by atoms with Gasteiger partial charge in [-0.2, -0.15) is 0 Å². The third-order valence-electron chi connectivity index (χ3n) is 3.28. The zero-order valence-electron chi connectivity index (χ0n) is 11.2. The summed E-state index contributed by atoms with van der Waals surface area (Å²) in [5.41, 5.74) is 0.222. The number of benzene rings is 1. The first kappa shape index (κ1) is 15.2.